The van der Waals surface area contributed by atoms with Crippen LogP contribution in [0.1, 0.15) is 47.9 Å². The third-order valence-corrected chi connectivity index (χ3v) is 7.34. The second-order valence-electron chi connectivity index (χ2n) is 10.00. The van der Waals surface area contributed by atoms with Gasteiger partial charge in [0.2, 0.25) is 0 Å². The van der Waals surface area contributed by atoms with Gasteiger partial charge in [0.15, 0.2) is 11.6 Å². The van der Waals surface area contributed by atoms with Gasteiger partial charge < -0.3 is 28.8 Å². The number of anilines is 2. The molecule has 1 N–H and O–H groups in total. The van der Waals surface area contributed by atoms with Gasteiger partial charge in [0, 0.05) is 25.2 Å². The molecule has 11 nitrogen and oxygen atoms in total. The fraction of sp³-hybridized carbons (Fsp3) is 0.370. The van der Waals surface area contributed by atoms with E-state index in [4.69, 9.17) is 9.47 Å². The average molecular weight is 513 g/mol. The quantitative estimate of drug-likeness (QED) is 0.433. The predicted octanol–water partition coefficient (Wildman–Crippen LogP) is 3.45. The minimum absolute atomic E-state index is 0.0589. The molecule has 3 aliphatic rings. The minimum Gasteiger partial charge on any atom is -0.488 e. The molecular formula is C27H28N8O3. The monoisotopic (exact) mass is 512 g/mol. The van der Waals surface area contributed by atoms with Crippen molar-refractivity contribution >= 4 is 17.3 Å². The van der Waals surface area contributed by atoms with Crippen LogP contribution in [0.25, 0.3) is 17.1 Å². The van der Waals surface area contributed by atoms with Crippen LogP contribution in [0.5, 0.6) is 5.75 Å². The van der Waals surface area contributed by atoms with Crippen LogP contribution in [0.4, 0.5) is 11.4 Å². The summed E-state index contributed by atoms with van der Waals surface area (Å²) >= 11 is 0. The number of pyridine rings is 1. The second-order valence-corrected chi connectivity index (χ2v) is 10.00. The molecule has 0 radical (unpaired) electrons. The molecule has 1 saturated heterocycles. The Hall–Kier alpha value is -4.25. The number of carbonyl (C=O) groups is 1. The van der Waals surface area contributed by atoms with Crippen LogP contribution < -0.4 is 15.0 Å². The van der Waals surface area contributed by atoms with Crippen molar-refractivity contribution in [3.63, 3.8) is 0 Å². The third kappa shape index (κ3) is 4.08. The number of rotatable bonds is 5. The average Bonchev–Trinajstić information content (AvgIpc) is 3.51. The minimum atomic E-state index is -0.321. The molecule has 194 valence electrons. The van der Waals surface area contributed by atoms with E-state index in [2.05, 4.69) is 36.6 Å². The number of hydrogen-bond acceptors (Lipinski definition) is 8. The van der Waals surface area contributed by atoms with Crippen molar-refractivity contribution in [2.45, 2.75) is 31.7 Å². The lowest BCUT2D eigenvalue weighted by molar-refractivity contribution is 0.102. The van der Waals surface area contributed by atoms with Gasteiger partial charge in [-0.3, -0.25) is 4.79 Å². The molecule has 0 bridgehead atoms. The van der Waals surface area contributed by atoms with Gasteiger partial charge in [0.05, 0.1) is 60.1 Å². The SMILES string of the molecule is C[C@@H]1COc2c(NC(=O)c3cc(-n4cnc(C5CC5)c4)c(N4CCOCC4)cn3)cccc2-c2nncn21. The zero-order chi connectivity index (χ0) is 25.6. The van der Waals surface area contributed by atoms with Gasteiger partial charge in [-0.2, -0.15) is 0 Å². The van der Waals surface area contributed by atoms with E-state index in [9.17, 15) is 4.79 Å². The number of para-hydroxylation sites is 1. The topological polar surface area (TPSA) is 112 Å². The normalized spacial score (nSPS) is 18.8. The second kappa shape index (κ2) is 9.25. The highest BCUT2D eigenvalue weighted by atomic mass is 16.5. The van der Waals surface area contributed by atoms with Crippen LogP contribution >= 0.6 is 0 Å². The number of benzene rings is 1. The largest absolute Gasteiger partial charge is 0.488 e. The van der Waals surface area contributed by atoms with Crippen molar-refractivity contribution in [2.24, 2.45) is 0 Å². The highest BCUT2D eigenvalue weighted by molar-refractivity contribution is 6.05. The van der Waals surface area contributed by atoms with Crippen LogP contribution in [0.15, 0.2) is 49.3 Å². The van der Waals surface area contributed by atoms with Crippen LogP contribution in [0.2, 0.25) is 0 Å². The van der Waals surface area contributed by atoms with Crippen molar-refractivity contribution in [2.75, 3.05) is 43.1 Å². The fourth-order valence-corrected chi connectivity index (χ4v) is 5.07. The lowest BCUT2D eigenvalue weighted by Crippen LogP contribution is -2.37. The first-order valence-electron chi connectivity index (χ1n) is 13.0. The molecule has 0 spiro atoms. The van der Waals surface area contributed by atoms with Crippen LogP contribution in [0, 0.1) is 0 Å². The molecule has 1 aromatic carbocycles. The summed E-state index contributed by atoms with van der Waals surface area (Å²) < 4.78 is 15.7. The van der Waals surface area contributed by atoms with Gasteiger partial charge in [-0.05, 0) is 38.0 Å². The maximum absolute atomic E-state index is 13.5. The summed E-state index contributed by atoms with van der Waals surface area (Å²) in [5.41, 5.74) is 4.57. The molecule has 2 fully saturated rings. The van der Waals surface area contributed by atoms with E-state index in [1.54, 1.807) is 12.5 Å². The lowest BCUT2D eigenvalue weighted by atomic mass is 10.1. The molecule has 3 aromatic heterocycles. The summed E-state index contributed by atoms with van der Waals surface area (Å²) in [5.74, 6) is 1.50. The molecule has 11 heteroatoms. The summed E-state index contributed by atoms with van der Waals surface area (Å²) in [6, 6.07) is 7.52. The number of imidazole rings is 1. The number of amides is 1. The van der Waals surface area contributed by atoms with E-state index in [-0.39, 0.29) is 11.9 Å². The summed E-state index contributed by atoms with van der Waals surface area (Å²) in [5, 5.41) is 11.4. The summed E-state index contributed by atoms with van der Waals surface area (Å²) in [4.78, 5) is 25.0. The van der Waals surface area contributed by atoms with Gasteiger partial charge in [-0.25, -0.2) is 9.97 Å². The number of aromatic nitrogens is 6. The standard InChI is InChI=1S/C27H28N8O3/c1-17-14-38-25-19(26-32-30-16-35(17)26)3-2-4-20(25)31-27(36)21-11-23(34-13-22(29-15-34)18-5-6-18)24(12-28-21)33-7-9-37-10-8-33/h2-4,11-13,15-18H,5-10,14H2,1H3,(H,31,36)/t17-/m1/s1. The van der Waals surface area contributed by atoms with Gasteiger partial charge in [0.25, 0.3) is 5.91 Å². The molecule has 2 aliphatic heterocycles. The maximum Gasteiger partial charge on any atom is 0.274 e. The Morgan fingerprint density at radius 3 is 2.82 bits per heavy atom. The molecule has 1 amide bonds. The van der Waals surface area contributed by atoms with Crippen LogP contribution in [0.3, 0.4) is 0 Å². The summed E-state index contributed by atoms with van der Waals surface area (Å²) in [7, 11) is 0. The number of nitrogens with zero attached hydrogens (tertiary/aromatic N) is 7. The first-order valence-corrected chi connectivity index (χ1v) is 13.0. The third-order valence-electron chi connectivity index (χ3n) is 7.34. The molecule has 1 saturated carbocycles. The van der Waals surface area contributed by atoms with Crippen molar-refractivity contribution < 1.29 is 14.3 Å². The fourth-order valence-electron chi connectivity index (χ4n) is 5.07. The number of morpholine rings is 1. The number of carbonyl (C=O) groups excluding carboxylic acids is 1. The molecule has 5 heterocycles. The Balaban J connectivity index is 1.23. The highest BCUT2D eigenvalue weighted by Gasteiger charge is 2.28. The van der Waals surface area contributed by atoms with Crippen LogP contribution in [-0.4, -0.2) is 68.1 Å². The Morgan fingerprint density at radius 1 is 1.11 bits per heavy atom. The first-order chi connectivity index (χ1) is 18.7. The number of fused-ring (bicyclic) bond motifs is 3. The van der Waals surface area contributed by atoms with E-state index in [1.807, 2.05) is 46.7 Å². The molecule has 0 unspecified atom stereocenters. The smallest absolute Gasteiger partial charge is 0.274 e. The zero-order valence-corrected chi connectivity index (χ0v) is 21.1. The Morgan fingerprint density at radius 2 is 1.97 bits per heavy atom. The van der Waals surface area contributed by atoms with E-state index in [0.29, 0.717) is 48.7 Å². The number of ether oxygens (including phenoxy) is 2. The van der Waals surface area contributed by atoms with E-state index >= 15 is 0 Å². The predicted molar refractivity (Wildman–Crippen MR) is 140 cm³/mol. The maximum atomic E-state index is 13.5. The summed E-state index contributed by atoms with van der Waals surface area (Å²) in [6.45, 7) is 5.32. The first kappa shape index (κ1) is 22.9. The Bertz CT molecular complexity index is 1500. The van der Waals surface area contributed by atoms with Gasteiger partial charge in [-0.1, -0.05) is 6.07 Å². The molecule has 38 heavy (non-hydrogen) atoms. The lowest BCUT2D eigenvalue weighted by Gasteiger charge is -2.30. The van der Waals surface area contributed by atoms with Crippen molar-refractivity contribution in [3.05, 3.63) is 60.7 Å². The van der Waals surface area contributed by atoms with Gasteiger partial charge >= 0.3 is 0 Å². The van der Waals surface area contributed by atoms with Crippen LogP contribution in [-0.2, 0) is 4.74 Å². The molecule has 1 atom stereocenters. The molecule has 7 rings (SSSR count). The van der Waals surface area contributed by atoms with Crippen molar-refractivity contribution in [1.82, 2.24) is 29.3 Å². The molecular weight excluding hydrogens is 484 g/mol. The Labute approximate surface area is 219 Å². The van der Waals surface area contributed by atoms with E-state index < -0.39 is 0 Å². The number of hydrogen-bond donors (Lipinski definition) is 1. The van der Waals surface area contributed by atoms with Gasteiger partial charge in [0.1, 0.15) is 18.6 Å². The van der Waals surface area contributed by atoms with E-state index in [1.165, 1.54) is 12.8 Å². The van der Waals surface area contributed by atoms with Crippen molar-refractivity contribution in [3.8, 4) is 22.8 Å². The van der Waals surface area contributed by atoms with Gasteiger partial charge in [-0.15, -0.1) is 10.2 Å². The molecule has 4 aromatic rings. The number of nitrogens with one attached hydrogen (secondary N) is 1. The Kier molecular flexibility index (Phi) is 5.58. The summed E-state index contributed by atoms with van der Waals surface area (Å²) in [6.07, 6.45) is 9.73. The highest BCUT2D eigenvalue weighted by Crippen LogP contribution is 2.40. The van der Waals surface area contributed by atoms with E-state index in [0.717, 1.165) is 35.7 Å². The van der Waals surface area contributed by atoms with Crippen molar-refractivity contribution in [1.29, 1.82) is 0 Å². The zero-order valence-electron chi connectivity index (χ0n) is 21.1. The molecule has 1 aliphatic carbocycles.